The Morgan fingerprint density at radius 3 is 2.31 bits per heavy atom. The third kappa shape index (κ3) is 3.20. The van der Waals surface area contributed by atoms with Gasteiger partial charge in [0.25, 0.3) is 11.5 Å². The highest BCUT2D eigenvalue weighted by atomic mass is 35.5. The molecule has 1 amide bonds. The molecule has 1 atom stereocenters. The van der Waals surface area contributed by atoms with Crippen molar-refractivity contribution in [3.05, 3.63) is 80.2 Å². The van der Waals surface area contributed by atoms with Gasteiger partial charge in [-0.2, -0.15) is 0 Å². The minimum Gasteiger partial charge on any atom is -0.324 e. The molecule has 1 aliphatic carbocycles. The van der Waals surface area contributed by atoms with Crippen LogP contribution in [0.15, 0.2) is 41.3 Å². The largest absolute Gasteiger partial charge is 0.324 e. The van der Waals surface area contributed by atoms with Crippen LogP contribution in [0.3, 0.4) is 0 Å². The zero-order valence-electron chi connectivity index (χ0n) is 19.0. The molecule has 0 saturated heterocycles. The minimum absolute atomic E-state index is 0.0747. The summed E-state index contributed by atoms with van der Waals surface area (Å²) in [6.45, 7) is 8.24. The molecule has 1 saturated carbocycles. The normalized spacial score (nSPS) is 18.4. The van der Waals surface area contributed by atoms with Crippen LogP contribution in [-0.2, 0) is 12.6 Å². The molecular weight excluding hydrogens is 424 g/mol. The number of carbonyl (C=O) groups excluding carboxylic acids is 1. The maximum atomic E-state index is 13.8. The van der Waals surface area contributed by atoms with Gasteiger partial charge in [0.2, 0.25) is 0 Å². The topological polar surface area (TPSA) is 60.1 Å². The van der Waals surface area contributed by atoms with E-state index in [1.807, 2.05) is 24.3 Å². The van der Waals surface area contributed by atoms with Crippen molar-refractivity contribution in [2.45, 2.75) is 58.0 Å². The molecule has 1 fully saturated rings. The average molecular weight is 451 g/mol. The lowest BCUT2D eigenvalue weighted by molar-refractivity contribution is 0.0989. The van der Waals surface area contributed by atoms with Crippen LogP contribution in [-0.4, -0.2) is 20.0 Å². The van der Waals surface area contributed by atoms with Gasteiger partial charge in [0.15, 0.2) is 5.69 Å². The minimum atomic E-state index is -0.356. The van der Waals surface area contributed by atoms with Gasteiger partial charge >= 0.3 is 0 Å². The predicted molar refractivity (Wildman–Crippen MR) is 126 cm³/mol. The Bertz CT molecular complexity index is 1270. The molecule has 166 valence electrons. The molecule has 3 aromatic rings. The van der Waals surface area contributed by atoms with Crippen LogP contribution in [0, 0.1) is 6.92 Å². The Morgan fingerprint density at radius 1 is 1.09 bits per heavy atom. The number of imidazole rings is 1. The fraction of sp³-hybridized carbons (Fsp3) is 0.400. The average Bonchev–Trinajstić information content (AvgIpc) is 3.42. The maximum absolute atomic E-state index is 13.8. The maximum Gasteiger partial charge on any atom is 0.279 e. The van der Waals surface area contributed by atoms with Gasteiger partial charge in [0.1, 0.15) is 11.9 Å². The number of hydrogen-bond donors (Lipinski definition) is 0. The van der Waals surface area contributed by atoms with E-state index in [0.29, 0.717) is 27.9 Å². The summed E-state index contributed by atoms with van der Waals surface area (Å²) in [5.74, 6) is 1.28. The van der Waals surface area contributed by atoms with Gasteiger partial charge < -0.3 is 9.13 Å². The van der Waals surface area contributed by atoms with E-state index in [0.717, 1.165) is 29.9 Å². The number of pyridine rings is 1. The van der Waals surface area contributed by atoms with Gasteiger partial charge in [-0.1, -0.05) is 23.7 Å². The first-order chi connectivity index (χ1) is 15.1. The van der Waals surface area contributed by atoms with Crippen LogP contribution < -0.4 is 10.5 Å². The van der Waals surface area contributed by atoms with E-state index >= 15 is 0 Å². The Kier molecular flexibility index (Phi) is 4.64. The van der Waals surface area contributed by atoms with Crippen molar-refractivity contribution in [3.63, 3.8) is 0 Å². The zero-order chi connectivity index (χ0) is 22.9. The van der Waals surface area contributed by atoms with E-state index in [1.165, 1.54) is 4.57 Å². The number of carbonyl (C=O) groups is 1. The van der Waals surface area contributed by atoms with Gasteiger partial charge in [0.05, 0.1) is 11.4 Å². The highest BCUT2D eigenvalue weighted by Crippen LogP contribution is 2.48. The second kappa shape index (κ2) is 7.07. The third-order valence-corrected chi connectivity index (χ3v) is 6.55. The number of halogens is 1. The molecule has 1 unspecified atom stereocenters. The van der Waals surface area contributed by atoms with Crippen LogP contribution in [0.4, 0.5) is 5.69 Å². The highest BCUT2D eigenvalue weighted by molar-refractivity contribution is 6.30. The molecular formula is C25H27ClN4O2. The summed E-state index contributed by atoms with van der Waals surface area (Å²) in [6, 6.07) is 9.07. The lowest BCUT2D eigenvalue weighted by Gasteiger charge is -2.32. The first-order valence-corrected chi connectivity index (χ1v) is 11.3. The summed E-state index contributed by atoms with van der Waals surface area (Å²) in [7, 11) is 1.71. The molecule has 0 radical (unpaired) electrons. The Morgan fingerprint density at radius 2 is 1.75 bits per heavy atom. The number of anilines is 1. The van der Waals surface area contributed by atoms with Crippen molar-refractivity contribution in [1.29, 1.82) is 0 Å². The SMILES string of the molecule is Cc1cc(N2C(=O)c3nc(C4CC4)n(C(C)(C)C)c3C2c2ccc(Cl)cc2)cn(C)c1=O. The quantitative estimate of drug-likeness (QED) is 0.568. The standard InChI is InChI=1S/C25H27ClN4O2/c1-14-12-18(13-28(5)23(14)31)29-20(15-8-10-17(26)11-9-15)21-19(24(29)32)27-22(16-6-7-16)30(21)25(2,3)4/h8-13,16,20H,6-7H2,1-5H3. The Hall–Kier alpha value is -2.86. The fourth-order valence-corrected chi connectivity index (χ4v) is 4.87. The van der Waals surface area contributed by atoms with Crippen LogP contribution >= 0.6 is 11.6 Å². The highest BCUT2D eigenvalue weighted by Gasteiger charge is 2.47. The molecule has 7 heteroatoms. The number of nitrogens with zero attached hydrogens (tertiary/aromatic N) is 4. The smallest absolute Gasteiger partial charge is 0.279 e. The summed E-state index contributed by atoms with van der Waals surface area (Å²) in [5, 5.41) is 0.644. The van der Waals surface area contributed by atoms with Crippen molar-refractivity contribution in [1.82, 2.24) is 14.1 Å². The number of amides is 1. The fourth-order valence-electron chi connectivity index (χ4n) is 4.74. The van der Waals surface area contributed by atoms with Crippen molar-refractivity contribution < 1.29 is 4.79 Å². The van der Waals surface area contributed by atoms with Gasteiger partial charge in [0, 0.05) is 35.3 Å². The molecule has 2 aliphatic rings. The molecule has 6 nitrogen and oxygen atoms in total. The van der Waals surface area contributed by atoms with Gasteiger partial charge in [-0.15, -0.1) is 0 Å². The van der Waals surface area contributed by atoms with E-state index in [2.05, 4.69) is 25.3 Å². The summed E-state index contributed by atoms with van der Waals surface area (Å²) in [4.78, 5) is 32.8. The third-order valence-electron chi connectivity index (χ3n) is 6.30. The molecule has 2 aromatic heterocycles. The van der Waals surface area contributed by atoms with E-state index < -0.39 is 0 Å². The molecule has 5 rings (SSSR count). The lowest BCUT2D eigenvalue weighted by atomic mass is 10.0. The number of rotatable bonds is 3. The van der Waals surface area contributed by atoms with Gasteiger partial charge in [-0.05, 0) is 64.3 Å². The molecule has 1 aliphatic heterocycles. The molecule has 0 spiro atoms. The van der Waals surface area contributed by atoms with Crippen LogP contribution in [0.5, 0.6) is 0 Å². The van der Waals surface area contributed by atoms with E-state index in [-0.39, 0.29) is 23.0 Å². The van der Waals surface area contributed by atoms with Crippen LogP contribution in [0.2, 0.25) is 5.02 Å². The molecule has 1 aromatic carbocycles. The summed E-state index contributed by atoms with van der Waals surface area (Å²) in [5.41, 5.74) is 3.34. The van der Waals surface area contributed by atoms with Crippen LogP contribution in [0.25, 0.3) is 0 Å². The number of benzene rings is 1. The molecule has 32 heavy (non-hydrogen) atoms. The van der Waals surface area contributed by atoms with Gasteiger partial charge in [-0.25, -0.2) is 4.98 Å². The predicted octanol–water partition coefficient (Wildman–Crippen LogP) is 4.93. The lowest BCUT2D eigenvalue weighted by Crippen LogP contribution is -2.34. The van der Waals surface area contributed by atoms with Crippen molar-refractivity contribution in [2.24, 2.45) is 7.05 Å². The second-order valence-corrected chi connectivity index (χ2v) is 10.3. The van der Waals surface area contributed by atoms with Gasteiger partial charge in [-0.3, -0.25) is 14.5 Å². The number of hydrogen-bond acceptors (Lipinski definition) is 3. The molecule has 0 N–H and O–H groups in total. The number of fused-ring (bicyclic) bond motifs is 1. The summed E-state index contributed by atoms with van der Waals surface area (Å²) in [6.07, 6.45) is 3.94. The van der Waals surface area contributed by atoms with Crippen molar-refractivity contribution >= 4 is 23.2 Å². The first kappa shape index (κ1) is 21.0. The monoisotopic (exact) mass is 450 g/mol. The number of aryl methyl sites for hydroxylation is 2. The Labute approximate surface area is 192 Å². The zero-order valence-corrected chi connectivity index (χ0v) is 19.8. The molecule has 0 bridgehead atoms. The van der Waals surface area contributed by atoms with Crippen molar-refractivity contribution in [2.75, 3.05) is 4.90 Å². The van der Waals surface area contributed by atoms with E-state index in [9.17, 15) is 9.59 Å². The van der Waals surface area contributed by atoms with E-state index in [1.54, 1.807) is 31.1 Å². The second-order valence-electron chi connectivity index (χ2n) is 9.91. The van der Waals surface area contributed by atoms with Crippen molar-refractivity contribution in [3.8, 4) is 0 Å². The van der Waals surface area contributed by atoms with Crippen LogP contribution in [0.1, 0.15) is 78.7 Å². The molecule has 3 heterocycles. The first-order valence-electron chi connectivity index (χ1n) is 11.0. The summed E-state index contributed by atoms with van der Waals surface area (Å²) < 4.78 is 3.80. The van der Waals surface area contributed by atoms with E-state index in [4.69, 9.17) is 16.6 Å². The Balaban J connectivity index is 1.78. The summed E-state index contributed by atoms with van der Waals surface area (Å²) >= 11 is 6.18. The number of aromatic nitrogens is 3.